The first-order valence-electron chi connectivity index (χ1n) is 8.13. The third kappa shape index (κ3) is 6.94. The van der Waals surface area contributed by atoms with Gasteiger partial charge in [0, 0.05) is 25.1 Å². The van der Waals surface area contributed by atoms with E-state index >= 15 is 0 Å². The number of nitrogens with zero attached hydrogens (tertiary/aromatic N) is 2. The summed E-state index contributed by atoms with van der Waals surface area (Å²) in [4.78, 5) is 8.77. The van der Waals surface area contributed by atoms with Gasteiger partial charge in [0.05, 0.1) is 19.2 Å². The molecule has 1 fully saturated rings. The summed E-state index contributed by atoms with van der Waals surface area (Å²) in [6, 6.07) is 4.77. The van der Waals surface area contributed by atoms with Crippen LogP contribution in [0, 0.1) is 0 Å². The minimum absolute atomic E-state index is 0. The topological polar surface area (TPSA) is 48.9 Å². The second-order valence-electron chi connectivity index (χ2n) is 5.41. The summed E-state index contributed by atoms with van der Waals surface area (Å²) < 4.78 is 5.08. The van der Waals surface area contributed by atoms with E-state index in [4.69, 9.17) is 9.73 Å². The molecule has 2 rings (SSSR count). The molecule has 1 atom stereocenters. The van der Waals surface area contributed by atoms with Crippen molar-refractivity contribution in [2.75, 3.05) is 46.4 Å². The van der Waals surface area contributed by atoms with Gasteiger partial charge in [-0.2, -0.15) is 0 Å². The van der Waals surface area contributed by atoms with Crippen molar-refractivity contribution in [1.29, 1.82) is 0 Å². The van der Waals surface area contributed by atoms with Crippen LogP contribution in [0.2, 0.25) is 0 Å². The number of methoxy groups -OCH3 is 1. The zero-order valence-corrected chi connectivity index (χ0v) is 17.2. The zero-order chi connectivity index (χ0) is 15.6. The van der Waals surface area contributed by atoms with Gasteiger partial charge in [0.25, 0.3) is 0 Å². The SMILES string of the molecule is CCNC(=NCC(c1cccs1)N1CCCC1)NCCOC.I. The normalized spacial score (nSPS) is 16.9. The predicted molar refractivity (Wildman–Crippen MR) is 109 cm³/mol. The number of nitrogens with one attached hydrogen (secondary N) is 2. The van der Waals surface area contributed by atoms with Crippen molar-refractivity contribution in [2.45, 2.75) is 25.8 Å². The largest absolute Gasteiger partial charge is 0.383 e. The number of hydrogen-bond donors (Lipinski definition) is 2. The van der Waals surface area contributed by atoms with Crippen LogP contribution < -0.4 is 10.6 Å². The monoisotopic (exact) mass is 452 g/mol. The maximum Gasteiger partial charge on any atom is 0.191 e. The summed E-state index contributed by atoms with van der Waals surface area (Å²) in [5, 5.41) is 8.77. The summed E-state index contributed by atoms with van der Waals surface area (Å²) in [7, 11) is 1.71. The van der Waals surface area contributed by atoms with Crippen LogP contribution in [0.25, 0.3) is 0 Å². The maximum atomic E-state index is 5.08. The van der Waals surface area contributed by atoms with Crippen LogP contribution in [0.1, 0.15) is 30.7 Å². The van der Waals surface area contributed by atoms with Gasteiger partial charge in [0.1, 0.15) is 0 Å². The quantitative estimate of drug-likeness (QED) is 0.276. The highest BCUT2D eigenvalue weighted by atomic mass is 127. The molecular weight excluding hydrogens is 423 g/mol. The Balaban J connectivity index is 0.00000264. The van der Waals surface area contributed by atoms with Crippen LogP contribution in [-0.2, 0) is 4.74 Å². The van der Waals surface area contributed by atoms with Crippen molar-refractivity contribution in [2.24, 2.45) is 4.99 Å². The van der Waals surface area contributed by atoms with E-state index < -0.39 is 0 Å². The summed E-state index contributed by atoms with van der Waals surface area (Å²) >= 11 is 1.83. The van der Waals surface area contributed by atoms with Crippen molar-refractivity contribution in [1.82, 2.24) is 15.5 Å². The number of thiophene rings is 1. The lowest BCUT2D eigenvalue weighted by Crippen LogP contribution is -2.39. The Hall–Kier alpha value is -0.380. The van der Waals surface area contributed by atoms with Gasteiger partial charge in [-0.05, 0) is 44.3 Å². The van der Waals surface area contributed by atoms with Gasteiger partial charge < -0.3 is 15.4 Å². The van der Waals surface area contributed by atoms with E-state index in [1.807, 2.05) is 11.3 Å². The third-order valence-corrected chi connectivity index (χ3v) is 4.79. The molecule has 2 heterocycles. The molecule has 2 N–H and O–H groups in total. The molecule has 0 aliphatic carbocycles. The highest BCUT2D eigenvalue weighted by Gasteiger charge is 2.24. The van der Waals surface area contributed by atoms with E-state index in [0.29, 0.717) is 12.6 Å². The first-order valence-corrected chi connectivity index (χ1v) is 9.01. The molecule has 0 spiro atoms. The highest BCUT2D eigenvalue weighted by Crippen LogP contribution is 2.28. The lowest BCUT2D eigenvalue weighted by Gasteiger charge is -2.25. The first kappa shape index (κ1) is 20.7. The third-order valence-electron chi connectivity index (χ3n) is 3.82. The van der Waals surface area contributed by atoms with E-state index in [0.717, 1.165) is 25.6 Å². The Kier molecular flexibility index (Phi) is 10.8. The van der Waals surface area contributed by atoms with Gasteiger partial charge in [-0.15, -0.1) is 35.3 Å². The van der Waals surface area contributed by atoms with E-state index in [2.05, 4.69) is 40.0 Å². The molecule has 0 saturated carbocycles. The molecule has 0 radical (unpaired) electrons. The molecule has 0 bridgehead atoms. The molecule has 1 aromatic rings. The molecule has 5 nitrogen and oxygen atoms in total. The molecule has 23 heavy (non-hydrogen) atoms. The molecule has 1 aliphatic heterocycles. The molecule has 0 amide bonds. The Morgan fingerprint density at radius 3 is 2.78 bits per heavy atom. The number of likely N-dealkylation sites (tertiary alicyclic amines) is 1. The number of rotatable bonds is 8. The summed E-state index contributed by atoms with van der Waals surface area (Å²) in [5.41, 5.74) is 0. The fourth-order valence-corrected chi connectivity index (χ4v) is 3.56. The summed E-state index contributed by atoms with van der Waals surface area (Å²) in [5.74, 6) is 0.875. The number of aliphatic imine (C=N–C) groups is 1. The van der Waals surface area contributed by atoms with Crippen molar-refractivity contribution in [3.63, 3.8) is 0 Å². The zero-order valence-electron chi connectivity index (χ0n) is 14.1. The second kappa shape index (κ2) is 12.0. The van der Waals surface area contributed by atoms with Gasteiger partial charge in [-0.25, -0.2) is 0 Å². The Morgan fingerprint density at radius 2 is 2.17 bits per heavy atom. The molecular formula is C16H29IN4OS. The molecule has 0 aromatic carbocycles. The Labute approximate surface area is 160 Å². The van der Waals surface area contributed by atoms with Crippen LogP contribution in [0.15, 0.2) is 22.5 Å². The summed E-state index contributed by atoms with van der Waals surface area (Å²) in [6.45, 7) is 7.58. The van der Waals surface area contributed by atoms with E-state index in [1.165, 1.54) is 30.8 Å². The number of ether oxygens (including phenoxy) is 1. The number of guanidine groups is 1. The average molecular weight is 452 g/mol. The smallest absolute Gasteiger partial charge is 0.191 e. The van der Waals surface area contributed by atoms with Crippen molar-refractivity contribution >= 4 is 41.3 Å². The first-order chi connectivity index (χ1) is 10.8. The van der Waals surface area contributed by atoms with E-state index in [1.54, 1.807) is 7.11 Å². The molecule has 1 aromatic heterocycles. The second-order valence-corrected chi connectivity index (χ2v) is 6.39. The lowest BCUT2D eigenvalue weighted by atomic mass is 10.2. The highest BCUT2D eigenvalue weighted by molar-refractivity contribution is 14.0. The van der Waals surface area contributed by atoms with Crippen LogP contribution >= 0.6 is 35.3 Å². The van der Waals surface area contributed by atoms with Gasteiger partial charge >= 0.3 is 0 Å². The van der Waals surface area contributed by atoms with Crippen LogP contribution in [0.5, 0.6) is 0 Å². The number of halogens is 1. The Morgan fingerprint density at radius 1 is 1.39 bits per heavy atom. The van der Waals surface area contributed by atoms with Crippen molar-refractivity contribution < 1.29 is 4.74 Å². The molecule has 1 saturated heterocycles. The van der Waals surface area contributed by atoms with Gasteiger partial charge in [0.15, 0.2) is 5.96 Å². The fourth-order valence-electron chi connectivity index (χ4n) is 2.71. The lowest BCUT2D eigenvalue weighted by molar-refractivity contribution is 0.203. The minimum Gasteiger partial charge on any atom is -0.383 e. The van der Waals surface area contributed by atoms with Crippen molar-refractivity contribution in [3.05, 3.63) is 22.4 Å². The van der Waals surface area contributed by atoms with Crippen LogP contribution in [0.3, 0.4) is 0 Å². The van der Waals surface area contributed by atoms with Crippen LogP contribution in [0.4, 0.5) is 0 Å². The van der Waals surface area contributed by atoms with E-state index in [9.17, 15) is 0 Å². The maximum absolute atomic E-state index is 5.08. The average Bonchev–Trinajstić information content (AvgIpc) is 3.21. The fraction of sp³-hybridized carbons (Fsp3) is 0.688. The number of hydrogen-bond acceptors (Lipinski definition) is 4. The van der Waals surface area contributed by atoms with Gasteiger partial charge in [0.2, 0.25) is 0 Å². The van der Waals surface area contributed by atoms with Crippen LogP contribution in [-0.4, -0.2) is 57.3 Å². The predicted octanol–water partition coefficient (Wildman–Crippen LogP) is 2.70. The summed E-state index contributed by atoms with van der Waals surface area (Å²) in [6.07, 6.45) is 2.61. The van der Waals surface area contributed by atoms with Crippen molar-refractivity contribution in [3.8, 4) is 0 Å². The molecule has 1 unspecified atom stereocenters. The van der Waals surface area contributed by atoms with E-state index in [-0.39, 0.29) is 24.0 Å². The molecule has 1 aliphatic rings. The standard InChI is InChI=1S/C16H28N4OS.HI/c1-3-17-16(18-8-11-21-2)19-13-14(15-7-6-12-22-15)20-9-4-5-10-20;/h6-7,12,14H,3-5,8-11,13H2,1-2H3,(H2,17,18,19);1H. The molecule has 7 heteroatoms. The minimum atomic E-state index is 0. The van der Waals surface area contributed by atoms with Gasteiger partial charge in [-0.3, -0.25) is 9.89 Å². The molecule has 132 valence electrons. The Bertz CT molecular complexity index is 435. The van der Waals surface area contributed by atoms with Gasteiger partial charge in [-0.1, -0.05) is 6.07 Å².